The van der Waals surface area contributed by atoms with Crippen molar-refractivity contribution in [2.24, 2.45) is 0 Å². The highest BCUT2D eigenvalue weighted by Gasteiger charge is 2.08. The molecule has 0 saturated heterocycles. The Morgan fingerprint density at radius 3 is 2.89 bits per heavy atom. The van der Waals surface area contributed by atoms with E-state index >= 15 is 0 Å². The van der Waals surface area contributed by atoms with Crippen LogP contribution in [0.25, 0.3) is 0 Å². The number of hydrogen-bond donors (Lipinski definition) is 2. The molecule has 2 rings (SSSR count). The molecule has 0 aliphatic heterocycles. The van der Waals surface area contributed by atoms with Crippen LogP contribution in [-0.2, 0) is 6.54 Å². The maximum Gasteiger partial charge on any atom is 0.251 e. The molecular weight excluding hydrogens is 310 g/mol. The topological polar surface area (TPSA) is 75.1 Å². The van der Waals surface area contributed by atoms with Gasteiger partial charge in [-0.25, -0.2) is 9.97 Å². The van der Waals surface area contributed by atoms with Crippen LogP contribution >= 0.6 is 15.9 Å². The molecule has 0 aliphatic rings. The molecule has 0 spiro atoms. The lowest BCUT2D eigenvalue weighted by atomic mass is 10.2. The van der Waals surface area contributed by atoms with Gasteiger partial charge in [-0.1, -0.05) is 0 Å². The first-order valence-electron chi connectivity index (χ1n) is 5.61. The number of amides is 1. The summed E-state index contributed by atoms with van der Waals surface area (Å²) in [5.41, 5.74) is 1.13. The van der Waals surface area contributed by atoms with Crippen molar-refractivity contribution in [3.8, 4) is 5.75 Å². The molecule has 2 N–H and O–H groups in total. The molecule has 0 aliphatic carbocycles. The Balaban J connectivity index is 2.03. The highest BCUT2D eigenvalue weighted by atomic mass is 79.9. The molecule has 1 aromatic carbocycles. The Hall–Kier alpha value is -1.95. The van der Waals surface area contributed by atoms with Crippen molar-refractivity contribution in [1.82, 2.24) is 15.3 Å². The van der Waals surface area contributed by atoms with Gasteiger partial charge in [0, 0.05) is 11.8 Å². The van der Waals surface area contributed by atoms with E-state index in [0.717, 1.165) is 5.69 Å². The van der Waals surface area contributed by atoms with Gasteiger partial charge in [-0.05, 0) is 47.1 Å². The molecule has 0 unspecified atom stereocenters. The first-order chi connectivity index (χ1) is 9.06. The zero-order valence-corrected chi connectivity index (χ0v) is 11.8. The number of carbonyl (C=O) groups excluding carboxylic acids is 1. The monoisotopic (exact) mass is 321 g/mol. The number of carbonyl (C=O) groups is 1. The van der Waals surface area contributed by atoms with Gasteiger partial charge in [0.2, 0.25) is 0 Å². The minimum atomic E-state index is -0.265. The summed E-state index contributed by atoms with van der Waals surface area (Å²) in [6.07, 6.45) is 1.65. The quantitative estimate of drug-likeness (QED) is 0.908. The second kappa shape index (κ2) is 5.79. The van der Waals surface area contributed by atoms with Crippen LogP contribution in [0.3, 0.4) is 0 Å². The number of rotatable bonds is 3. The van der Waals surface area contributed by atoms with E-state index in [0.29, 0.717) is 22.4 Å². The van der Waals surface area contributed by atoms with Crippen LogP contribution in [0.2, 0.25) is 0 Å². The maximum atomic E-state index is 11.9. The van der Waals surface area contributed by atoms with Crippen LogP contribution in [0.5, 0.6) is 5.75 Å². The van der Waals surface area contributed by atoms with E-state index in [1.54, 1.807) is 31.3 Å². The molecule has 0 saturated carbocycles. The molecule has 19 heavy (non-hydrogen) atoms. The predicted molar refractivity (Wildman–Crippen MR) is 73.7 cm³/mol. The standard InChI is InChI=1S/C13H12BrN3O2/c1-8-15-5-4-10(17-8)7-16-13(19)9-2-3-11(14)12(18)6-9/h2-6,18H,7H2,1H3,(H,16,19). The largest absolute Gasteiger partial charge is 0.507 e. The van der Waals surface area contributed by atoms with E-state index < -0.39 is 0 Å². The number of phenolic OH excluding ortho intramolecular Hbond substituents is 1. The molecule has 1 heterocycles. The number of halogens is 1. The van der Waals surface area contributed by atoms with Gasteiger partial charge in [-0.15, -0.1) is 0 Å². The molecule has 0 fully saturated rings. The van der Waals surface area contributed by atoms with Gasteiger partial charge in [0.25, 0.3) is 5.91 Å². The highest BCUT2D eigenvalue weighted by Crippen LogP contribution is 2.24. The first-order valence-corrected chi connectivity index (χ1v) is 6.41. The minimum Gasteiger partial charge on any atom is -0.507 e. The van der Waals surface area contributed by atoms with Crippen molar-refractivity contribution < 1.29 is 9.90 Å². The molecule has 0 radical (unpaired) electrons. The fourth-order valence-corrected chi connectivity index (χ4v) is 1.78. The summed E-state index contributed by atoms with van der Waals surface area (Å²) in [5.74, 6) is 0.428. The Kier molecular flexibility index (Phi) is 4.11. The number of benzene rings is 1. The summed E-state index contributed by atoms with van der Waals surface area (Å²) in [7, 11) is 0. The summed E-state index contributed by atoms with van der Waals surface area (Å²) in [5, 5.41) is 12.3. The molecule has 6 heteroatoms. The minimum absolute atomic E-state index is 0.0329. The average Bonchev–Trinajstić information content (AvgIpc) is 2.39. The molecule has 0 atom stereocenters. The zero-order valence-electron chi connectivity index (χ0n) is 10.2. The van der Waals surface area contributed by atoms with Gasteiger partial charge in [0.1, 0.15) is 11.6 Å². The van der Waals surface area contributed by atoms with Crippen LogP contribution in [-0.4, -0.2) is 21.0 Å². The lowest BCUT2D eigenvalue weighted by molar-refractivity contribution is 0.0950. The third-order valence-corrected chi connectivity index (χ3v) is 3.14. The van der Waals surface area contributed by atoms with E-state index in [1.165, 1.54) is 6.07 Å². The third-order valence-electron chi connectivity index (χ3n) is 2.47. The molecule has 1 aromatic heterocycles. The molecule has 0 bridgehead atoms. The summed E-state index contributed by atoms with van der Waals surface area (Å²) in [4.78, 5) is 20.1. The van der Waals surface area contributed by atoms with Gasteiger partial charge < -0.3 is 10.4 Å². The number of aromatic nitrogens is 2. The van der Waals surface area contributed by atoms with Crippen LogP contribution in [0.1, 0.15) is 21.9 Å². The van der Waals surface area contributed by atoms with Crippen molar-refractivity contribution in [3.63, 3.8) is 0 Å². The van der Waals surface area contributed by atoms with Gasteiger partial charge in [-0.2, -0.15) is 0 Å². The van der Waals surface area contributed by atoms with Gasteiger partial charge in [0.05, 0.1) is 16.7 Å². The van der Waals surface area contributed by atoms with Crippen molar-refractivity contribution >= 4 is 21.8 Å². The van der Waals surface area contributed by atoms with Crippen molar-refractivity contribution in [2.75, 3.05) is 0 Å². The van der Waals surface area contributed by atoms with Crippen LogP contribution < -0.4 is 5.32 Å². The number of nitrogens with one attached hydrogen (secondary N) is 1. The maximum absolute atomic E-state index is 11.9. The summed E-state index contributed by atoms with van der Waals surface area (Å²) in [6.45, 7) is 2.11. The molecule has 5 nitrogen and oxygen atoms in total. The zero-order chi connectivity index (χ0) is 13.8. The number of nitrogens with zero attached hydrogens (tertiary/aromatic N) is 2. The predicted octanol–water partition coefficient (Wildman–Crippen LogP) is 2.18. The van der Waals surface area contributed by atoms with Crippen molar-refractivity contribution in [3.05, 3.63) is 52.0 Å². The van der Waals surface area contributed by atoms with E-state index in [-0.39, 0.29) is 11.7 Å². The number of phenols is 1. The summed E-state index contributed by atoms with van der Waals surface area (Å²) < 4.78 is 0.551. The average molecular weight is 322 g/mol. The van der Waals surface area contributed by atoms with E-state index in [1.807, 2.05) is 0 Å². The van der Waals surface area contributed by atoms with Crippen LogP contribution in [0.4, 0.5) is 0 Å². The van der Waals surface area contributed by atoms with E-state index in [2.05, 4.69) is 31.2 Å². The second-order valence-corrected chi connectivity index (χ2v) is 4.80. The van der Waals surface area contributed by atoms with Crippen molar-refractivity contribution in [1.29, 1.82) is 0 Å². The number of aromatic hydroxyl groups is 1. The smallest absolute Gasteiger partial charge is 0.251 e. The highest BCUT2D eigenvalue weighted by molar-refractivity contribution is 9.10. The summed E-state index contributed by atoms with van der Waals surface area (Å²) >= 11 is 3.16. The lowest BCUT2D eigenvalue weighted by Crippen LogP contribution is -2.23. The Morgan fingerprint density at radius 1 is 1.42 bits per heavy atom. The Labute approximate surface area is 118 Å². The second-order valence-electron chi connectivity index (χ2n) is 3.94. The normalized spacial score (nSPS) is 10.2. The Morgan fingerprint density at radius 2 is 2.21 bits per heavy atom. The molecular formula is C13H12BrN3O2. The molecule has 1 amide bonds. The lowest BCUT2D eigenvalue weighted by Gasteiger charge is -2.06. The molecule has 98 valence electrons. The number of aryl methyl sites for hydroxylation is 1. The SMILES string of the molecule is Cc1nccc(CNC(=O)c2ccc(Br)c(O)c2)n1. The van der Waals surface area contributed by atoms with Crippen LogP contribution in [0, 0.1) is 6.92 Å². The van der Waals surface area contributed by atoms with Gasteiger partial charge >= 0.3 is 0 Å². The first kappa shape index (κ1) is 13.5. The van der Waals surface area contributed by atoms with E-state index in [9.17, 15) is 9.90 Å². The number of hydrogen-bond acceptors (Lipinski definition) is 4. The van der Waals surface area contributed by atoms with Crippen molar-refractivity contribution in [2.45, 2.75) is 13.5 Å². The van der Waals surface area contributed by atoms with Gasteiger partial charge in [-0.3, -0.25) is 4.79 Å². The van der Waals surface area contributed by atoms with Crippen LogP contribution in [0.15, 0.2) is 34.9 Å². The fraction of sp³-hybridized carbons (Fsp3) is 0.154. The van der Waals surface area contributed by atoms with Gasteiger partial charge in [0.15, 0.2) is 0 Å². The molecule has 2 aromatic rings. The van der Waals surface area contributed by atoms with E-state index in [4.69, 9.17) is 0 Å². The summed E-state index contributed by atoms with van der Waals surface area (Å²) in [6, 6.07) is 6.40. The fourth-order valence-electron chi connectivity index (χ4n) is 1.53. The third kappa shape index (κ3) is 3.51. The Bertz CT molecular complexity index is 617.